The van der Waals surface area contributed by atoms with Crippen molar-refractivity contribution in [1.29, 1.82) is 0 Å². The Balaban J connectivity index is 1.39. The monoisotopic (exact) mass is 508 g/mol. The minimum Gasteiger partial charge on any atom is -0.396 e. The molecule has 1 heterocycles. The summed E-state index contributed by atoms with van der Waals surface area (Å²) in [5.41, 5.74) is 4.45. The molecule has 1 aliphatic rings. The molecule has 0 aliphatic carbocycles. The Morgan fingerprint density at radius 1 is 0.889 bits per heavy atom. The van der Waals surface area contributed by atoms with Crippen LogP contribution in [0.5, 0.6) is 0 Å². The van der Waals surface area contributed by atoms with E-state index < -0.39 is 6.29 Å². The van der Waals surface area contributed by atoms with Crippen LogP contribution in [-0.4, -0.2) is 40.5 Å². The molecule has 0 spiro atoms. The number of rotatable bonds is 10. The summed E-state index contributed by atoms with van der Waals surface area (Å²) in [4.78, 5) is 12.3. The second-order valence-corrected chi connectivity index (χ2v) is 9.71. The zero-order valence-electron chi connectivity index (χ0n) is 20.0. The van der Waals surface area contributed by atoms with E-state index in [9.17, 15) is 9.90 Å². The van der Waals surface area contributed by atoms with Gasteiger partial charge in [0.15, 0.2) is 6.29 Å². The maximum absolute atomic E-state index is 12.3. The van der Waals surface area contributed by atoms with Gasteiger partial charge in [0, 0.05) is 35.7 Å². The Morgan fingerprint density at radius 3 is 2.31 bits per heavy atom. The van der Waals surface area contributed by atoms with Crippen LogP contribution in [0.15, 0.2) is 78.9 Å². The fourth-order valence-electron chi connectivity index (χ4n) is 3.98. The minimum absolute atomic E-state index is 0.00261. The van der Waals surface area contributed by atoms with Crippen molar-refractivity contribution in [3.63, 3.8) is 0 Å². The summed E-state index contributed by atoms with van der Waals surface area (Å²) in [5.74, 6) is 1.42. The lowest BCUT2D eigenvalue weighted by atomic mass is 10.0. The van der Waals surface area contributed by atoms with E-state index in [1.165, 1.54) is 0 Å². The van der Waals surface area contributed by atoms with E-state index >= 15 is 0 Å². The predicted molar refractivity (Wildman–Crippen MR) is 142 cm³/mol. The number of hydrogen-bond acceptors (Lipinski definition) is 6. The molecule has 4 N–H and O–H groups in total. The fraction of sp³-hybridized carbons (Fsp3) is 0.321. The zero-order chi connectivity index (χ0) is 25.2. The van der Waals surface area contributed by atoms with Crippen molar-refractivity contribution < 1.29 is 24.5 Å². The largest absolute Gasteiger partial charge is 0.396 e. The summed E-state index contributed by atoms with van der Waals surface area (Å²) in [6, 6.07) is 24.7. The minimum atomic E-state index is -0.554. The summed E-state index contributed by atoms with van der Waals surface area (Å²) in [6.07, 6.45) is -0.0432. The van der Waals surface area contributed by atoms with E-state index in [1.54, 1.807) is 11.8 Å². The standard InChI is InChI=1S/C28H32N2O5S/c31-14-15-36-19-25-16-26(22-8-6-21(18-32)7-9-22)35-27(34-25)23-10-12-24(13-11-23)30-28(33)29-17-20-4-2-1-3-5-20/h1-13,25-27,31-32H,14-19H2,(H2,29,30,33)/t25-,26+,27+/m1/s1. The molecule has 0 bridgehead atoms. The first kappa shape index (κ1) is 26.2. The molecule has 3 aromatic rings. The van der Waals surface area contributed by atoms with Crippen molar-refractivity contribution in [1.82, 2.24) is 5.32 Å². The lowest BCUT2D eigenvalue weighted by Crippen LogP contribution is -2.31. The molecule has 36 heavy (non-hydrogen) atoms. The highest BCUT2D eigenvalue weighted by molar-refractivity contribution is 7.99. The van der Waals surface area contributed by atoms with Gasteiger partial charge in [-0.05, 0) is 28.8 Å². The van der Waals surface area contributed by atoms with E-state index in [4.69, 9.17) is 14.6 Å². The summed E-state index contributed by atoms with van der Waals surface area (Å²) in [6.45, 7) is 0.588. The number of ether oxygens (including phenoxy) is 2. The van der Waals surface area contributed by atoms with Gasteiger partial charge in [0.2, 0.25) is 0 Å². The first-order chi connectivity index (χ1) is 17.6. The third kappa shape index (κ3) is 7.56. The molecule has 0 radical (unpaired) electrons. The van der Waals surface area contributed by atoms with Gasteiger partial charge in [-0.3, -0.25) is 0 Å². The SMILES string of the molecule is O=C(NCc1ccccc1)Nc1ccc([C@H]2O[C@@H](CSCCO)C[C@@H](c3ccc(CO)cc3)O2)cc1. The Morgan fingerprint density at radius 2 is 1.61 bits per heavy atom. The highest BCUT2D eigenvalue weighted by Gasteiger charge is 2.32. The number of aliphatic hydroxyl groups excluding tert-OH is 2. The van der Waals surface area contributed by atoms with Crippen molar-refractivity contribution in [3.8, 4) is 0 Å². The van der Waals surface area contributed by atoms with Crippen molar-refractivity contribution >= 4 is 23.5 Å². The van der Waals surface area contributed by atoms with Gasteiger partial charge in [-0.1, -0.05) is 66.7 Å². The summed E-state index contributed by atoms with van der Waals surface area (Å²) in [5, 5.41) is 24.2. The maximum Gasteiger partial charge on any atom is 0.319 e. The molecule has 190 valence electrons. The first-order valence-electron chi connectivity index (χ1n) is 12.0. The summed E-state index contributed by atoms with van der Waals surface area (Å²) >= 11 is 1.65. The van der Waals surface area contributed by atoms with Crippen molar-refractivity contribution in [3.05, 3.63) is 101 Å². The number of carbonyl (C=O) groups is 1. The third-order valence-electron chi connectivity index (χ3n) is 5.89. The van der Waals surface area contributed by atoms with Gasteiger partial charge >= 0.3 is 6.03 Å². The van der Waals surface area contributed by atoms with E-state index in [-0.39, 0.29) is 31.5 Å². The molecule has 0 unspecified atom stereocenters. The Hall–Kier alpha value is -2.88. The van der Waals surface area contributed by atoms with Crippen LogP contribution in [0, 0.1) is 0 Å². The van der Waals surface area contributed by atoms with Crippen LogP contribution in [0.25, 0.3) is 0 Å². The number of nitrogens with one attached hydrogen (secondary N) is 2. The van der Waals surface area contributed by atoms with E-state index in [0.29, 0.717) is 24.4 Å². The van der Waals surface area contributed by atoms with Crippen molar-refractivity contribution in [2.45, 2.75) is 38.1 Å². The average Bonchev–Trinajstić information content (AvgIpc) is 2.93. The smallest absolute Gasteiger partial charge is 0.319 e. The summed E-state index contributed by atoms with van der Waals surface area (Å²) in [7, 11) is 0. The third-order valence-corrected chi connectivity index (χ3v) is 6.97. The van der Waals surface area contributed by atoms with Crippen LogP contribution in [0.3, 0.4) is 0 Å². The number of urea groups is 1. The van der Waals surface area contributed by atoms with Crippen molar-refractivity contribution in [2.75, 3.05) is 23.4 Å². The van der Waals surface area contributed by atoms with E-state index in [0.717, 1.165) is 28.0 Å². The molecule has 1 fully saturated rings. The molecule has 1 saturated heterocycles. The summed E-state index contributed by atoms with van der Waals surface area (Å²) < 4.78 is 12.6. The lowest BCUT2D eigenvalue weighted by molar-refractivity contribution is -0.245. The Kier molecular flexibility index (Phi) is 9.77. The number of hydrogen-bond donors (Lipinski definition) is 4. The number of amides is 2. The van der Waals surface area contributed by atoms with Crippen LogP contribution in [0.2, 0.25) is 0 Å². The molecular formula is C28H32N2O5S. The first-order valence-corrected chi connectivity index (χ1v) is 13.2. The number of aliphatic hydroxyl groups is 2. The highest BCUT2D eigenvalue weighted by atomic mass is 32.2. The normalized spacial score (nSPS) is 19.6. The predicted octanol–water partition coefficient (Wildman–Crippen LogP) is 4.77. The number of carbonyl (C=O) groups excluding carboxylic acids is 1. The highest BCUT2D eigenvalue weighted by Crippen LogP contribution is 2.39. The van der Waals surface area contributed by atoms with Crippen LogP contribution in [0.4, 0.5) is 10.5 Å². The molecular weight excluding hydrogens is 476 g/mol. The Labute approximate surface area is 215 Å². The lowest BCUT2D eigenvalue weighted by Gasteiger charge is -2.36. The molecule has 3 aromatic carbocycles. The van der Waals surface area contributed by atoms with Crippen LogP contribution in [-0.2, 0) is 22.6 Å². The van der Waals surface area contributed by atoms with Gasteiger partial charge in [0.05, 0.1) is 25.4 Å². The Bertz CT molecular complexity index is 1080. The van der Waals surface area contributed by atoms with Gasteiger partial charge in [-0.25, -0.2) is 4.79 Å². The number of thioether (sulfide) groups is 1. The second kappa shape index (κ2) is 13.4. The molecule has 2 amide bonds. The van der Waals surface area contributed by atoms with Crippen molar-refractivity contribution in [2.24, 2.45) is 0 Å². The molecule has 1 aliphatic heterocycles. The number of anilines is 1. The topological polar surface area (TPSA) is 100 Å². The van der Waals surface area contributed by atoms with Gasteiger partial charge in [-0.15, -0.1) is 0 Å². The van der Waals surface area contributed by atoms with Gasteiger partial charge in [0.25, 0.3) is 0 Å². The van der Waals surface area contributed by atoms with Gasteiger partial charge in [0.1, 0.15) is 0 Å². The molecule has 0 saturated carbocycles. The zero-order valence-corrected chi connectivity index (χ0v) is 20.8. The molecule has 0 aromatic heterocycles. The van der Waals surface area contributed by atoms with E-state index in [1.807, 2.05) is 78.9 Å². The van der Waals surface area contributed by atoms with Crippen LogP contribution >= 0.6 is 11.8 Å². The van der Waals surface area contributed by atoms with Crippen LogP contribution in [0.1, 0.15) is 41.1 Å². The molecule has 4 rings (SSSR count). The molecule has 3 atom stereocenters. The second-order valence-electron chi connectivity index (χ2n) is 8.56. The van der Waals surface area contributed by atoms with Gasteiger partial charge < -0.3 is 30.3 Å². The molecule has 8 heteroatoms. The van der Waals surface area contributed by atoms with E-state index in [2.05, 4.69) is 10.6 Å². The fourth-order valence-corrected chi connectivity index (χ4v) is 4.75. The number of benzene rings is 3. The average molecular weight is 509 g/mol. The van der Waals surface area contributed by atoms with Crippen LogP contribution < -0.4 is 10.6 Å². The quantitative estimate of drug-likeness (QED) is 0.295. The maximum atomic E-state index is 12.3. The van der Waals surface area contributed by atoms with Gasteiger partial charge in [-0.2, -0.15) is 11.8 Å². The molecule has 7 nitrogen and oxygen atoms in total.